The molecule has 0 aliphatic carbocycles. The number of hydrogen-bond donors (Lipinski definition) is 0. The summed E-state index contributed by atoms with van der Waals surface area (Å²) in [6.07, 6.45) is 0. The van der Waals surface area contributed by atoms with Crippen molar-refractivity contribution in [2.75, 3.05) is 0 Å². The maximum atomic E-state index is 2.52. The second kappa shape index (κ2) is 2.83. The van der Waals surface area contributed by atoms with Crippen LogP contribution in [0.5, 0.6) is 0 Å². The molecular weight excluding hydrogens is 128 g/mol. The lowest BCUT2D eigenvalue weighted by atomic mass is 11.0. The van der Waals surface area contributed by atoms with Gasteiger partial charge >= 0.3 is 0 Å². The average molecular weight is 146 g/mol. The quantitative estimate of drug-likeness (QED) is 0.524. The van der Waals surface area contributed by atoms with Crippen LogP contribution in [0.3, 0.4) is 0 Å². The second-order valence-corrected chi connectivity index (χ2v) is 18.6. The van der Waals surface area contributed by atoms with Gasteiger partial charge in [0, 0.05) is 15.9 Å². The maximum Gasteiger partial charge on any atom is 0.0371 e. The van der Waals surface area contributed by atoms with E-state index in [0.29, 0.717) is 0 Å². The minimum atomic E-state index is -0.616. The predicted molar refractivity (Wildman–Crippen MR) is 46.8 cm³/mol. The van der Waals surface area contributed by atoms with Gasteiger partial charge in [-0.25, -0.2) is 0 Å². The molecule has 2 heteroatoms. The lowest BCUT2D eigenvalue weighted by Crippen LogP contribution is -2.40. The van der Waals surface area contributed by atoms with Gasteiger partial charge in [0.2, 0.25) is 0 Å². The van der Waals surface area contributed by atoms with Crippen LogP contribution in [0.1, 0.15) is 6.92 Å². The fourth-order valence-electron chi connectivity index (χ4n) is 0.408. The molecule has 0 heterocycles. The second-order valence-electron chi connectivity index (χ2n) is 3.50. The van der Waals surface area contributed by atoms with Gasteiger partial charge in [-0.3, -0.25) is 0 Å². The molecule has 0 saturated carbocycles. The summed E-state index contributed by atoms with van der Waals surface area (Å²) in [5.41, 5.74) is 0. The Morgan fingerprint density at radius 3 is 1.62 bits per heavy atom. The van der Waals surface area contributed by atoms with E-state index in [-0.39, 0.29) is 8.31 Å². The molecule has 0 amide bonds. The van der Waals surface area contributed by atoms with E-state index in [1.54, 1.807) is 0 Å². The van der Waals surface area contributed by atoms with Gasteiger partial charge in [-0.1, -0.05) is 39.2 Å². The van der Waals surface area contributed by atoms with E-state index in [0.717, 1.165) is 0 Å². The topological polar surface area (TPSA) is 0 Å². The van der Waals surface area contributed by atoms with Gasteiger partial charge in [0.15, 0.2) is 0 Å². The molecule has 0 aromatic heterocycles. The van der Waals surface area contributed by atoms with Crippen LogP contribution in [-0.4, -0.2) is 15.9 Å². The Morgan fingerprint density at radius 2 is 1.62 bits per heavy atom. The van der Waals surface area contributed by atoms with Gasteiger partial charge in [0.05, 0.1) is 0 Å². The third-order valence-corrected chi connectivity index (χ3v) is 18.0. The van der Waals surface area contributed by atoms with Crippen molar-refractivity contribution in [3.63, 3.8) is 0 Å². The van der Waals surface area contributed by atoms with Crippen molar-refractivity contribution in [1.29, 1.82) is 0 Å². The predicted octanol–water partition coefficient (Wildman–Crippen LogP) is 2.28. The molecule has 0 saturated heterocycles. The fourth-order valence-corrected chi connectivity index (χ4v) is 3.67. The largest absolute Gasteiger partial charge is 0.0741 e. The Kier molecular flexibility index (Phi) is 2.98. The van der Waals surface area contributed by atoms with Crippen LogP contribution in [0.25, 0.3) is 0 Å². The van der Waals surface area contributed by atoms with Crippen LogP contribution >= 0.6 is 0 Å². The van der Waals surface area contributed by atoms with Crippen molar-refractivity contribution in [3.05, 3.63) is 0 Å². The van der Waals surface area contributed by atoms with E-state index in [4.69, 9.17) is 0 Å². The van der Waals surface area contributed by atoms with Crippen molar-refractivity contribution in [1.82, 2.24) is 0 Å². The van der Waals surface area contributed by atoms with Crippen LogP contribution < -0.4 is 0 Å². The minimum absolute atomic E-state index is 0.241. The Morgan fingerprint density at radius 1 is 1.25 bits per heavy atom. The van der Waals surface area contributed by atoms with Crippen LogP contribution in [-0.2, 0) is 0 Å². The highest BCUT2D eigenvalue weighted by atomic mass is 29.2. The number of rotatable bonds is 2. The molecule has 8 heavy (non-hydrogen) atoms. The molecule has 0 aromatic carbocycles. The van der Waals surface area contributed by atoms with Crippen molar-refractivity contribution >= 4 is 15.9 Å². The molecule has 0 bridgehead atoms. The van der Waals surface area contributed by atoms with Gasteiger partial charge in [0.25, 0.3) is 0 Å². The Labute approximate surface area is 55.7 Å². The van der Waals surface area contributed by atoms with Gasteiger partial charge in [0.1, 0.15) is 0 Å². The molecule has 0 spiro atoms. The zero-order valence-corrected chi connectivity index (χ0v) is 8.94. The van der Waals surface area contributed by atoms with Crippen molar-refractivity contribution < 1.29 is 0 Å². The molecule has 0 nitrogen and oxygen atoms in total. The van der Waals surface area contributed by atoms with E-state index in [2.05, 4.69) is 33.1 Å². The lowest BCUT2D eigenvalue weighted by molar-refractivity contribution is 1.39. The molecule has 50 valence electrons. The van der Waals surface area contributed by atoms with Crippen LogP contribution in [0.15, 0.2) is 0 Å². The van der Waals surface area contributed by atoms with Gasteiger partial charge in [-0.05, 0) is 0 Å². The highest BCUT2D eigenvalue weighted by Gasteiger charge is 2.22. The van der Waals surface area contributed by atoms with Crippen molar-refractivity contribution in [2.45, 2.75) is 39.2 Å². The first-order valence-corrected chi connectivity index (χ1v) is 10.8. The van der Waals surface area contributed by atoms with Gasteiger partial charge in [-0.15, -0.1) is 0 Å². The third kappa shape index (κ3) is 2.13. The molecule has 0 aliphatic rings. The van der Waals surface area contributed by atoms with E-state index in [1.807, 2.05) is 0 Å². The van der Waals surface area contributed by atoms with E-state index >= 15 is 0 Å². The lowest BCUT2D eigenvalue weighted by Gasteiger charge is -2.23. The van der Waals surface area contributed by atoms with Gasteiger partial charge < -0.3 is 0 Å². The summed E-state index contributed by atoms with van der Waals surface area (Å²) < 4.78 is 0. The van der Waals surface area contributed by atoms with Crippen LogP contribution in [0.2, 0.25) is 32.2 Å². The summed E-state index contributed by atoms with van der Waals surface area (Å²) >= 11 is 0. The molecule has 0 atom stereocenters. The third-order valence-electron chi connectivity index (χ3n) is 2.47. The Hall–Kier alpha value is 0.434. The Bertz CT molecular complexity index is 66.9. The van der Waals surface area contributed by atoms with Crippen molar-refractivity contribution in [2.24, 2.45) is 0 Å². The molecule has 0 unspecified atom stereocenters. The molecule has 0 radical (unpaired) electrons. The first-order valence-electron chi connectivity index (χ1n) is 3.50. The maximum absolute atomic E-state index is 2.52. The summed E-state index contributed by atoms with van der Waals surface area (Å²) in [4.78, 5) is 0. The van der Waals surface area contributed by atoms with Crippen LogP contribution in [0, 0.1) is 0 Å². The van der Waals surface area contributed by atoms with E-state index < -0.39 is 7.59 Å². The summed E-state index contributed by atoms with van der Waals surface area (Å²) in [6.45, 7) is 12.3. The first kappa shape index (κ1) is 8.43. The summed E-state index contributed by atoms with van der Waals surface area (Å²) in [5, 5.41) is 0. The molecule has 0 aromatic rings. The molecule has 0 aliphatic heterocycles. The summed E-state index contributed by atoms with van der Waals surface area (Å²) in [7, 11) is -0.856. The molecular formula is C6H18Si2. The molecule has 0 fully saturated rings. The monoisotopic (exact) mass is 146 g/mol. The highest BCUT2D eigenvalue weighted by Crippen LogP contribution is 2.11. The zero-order valence-electron chi connectivity index (χ0n) is 6.78. The molecule has 0 N–H and O–H groups in total. The van der Waals surface area contributed by atoms with Crippen molar-refractivity contribution in [3.8, 4) is 0 Å². The Balaban J connectivity index is 3.71. The minimum Gasteiger partial charge on any atom is -0.0741 e. The highest BCUT2D eigenvalue weighted by molar-refractivity contribution is 7.31. The first-order chi connectivity index (χ1) is 3.50. The average Bonchev–Trinajstić information content (AvgIpc) is 1.67. The standard InChI is InChI=1S/C6H18Si2/c1-6-8(4,5)7(2)3/h7H,6H2,1-5H3. The summed E-state index contributed by atoms with van der Waals surface area (Å²) in [6, 6.07) is 1.48. The van der Waals surface area contributed by atoms with Gasteiger partial charge in [-0.2, -0.15) is 0 Å². The smallest absolute Gasteiger partial charge is 0.0371 e. The SMILES string of the molecule is CC[Si](C)(C)[SiH](C)C. The molecule has 0 rings (SSSR count). The van der Waals surface area contributed by atoms with E-state index in [1.165, 1.54) is 6.04 Å². The zero-order chi connectivity index (χ0) is 6.78. The summed E-state index contributed by atoms with van der Waals surface area (Å²) in [5.74, 6) is 0. The normalized spacial score (nSPS) is 12.8. The number of hydrogen-bond acceptors (Lipinski definition) is 0. The van der Waals surface area contributed by atoms with E-state index in [9.17, 15) is 0 Å². The van der Waals surface area contributed by atoms with Crippen LogP contribution in [0.4, 0.5) is 0 Å². The fraction of sp³-hybridized carbons (Fsp3) is 1.00.